The zero-order chi connectivity index (χ0) is 20.4. The second kappa shape index (κ2) is 8.08. The average Bonchev–Trinajstić information content (AvgIpc) is 3.16. The van der Waals surface area contributed by atoms with Crippen molar-refractivity contribution in [2.24, 2.45) is 0 Å². The van der Waals surface area contributed by atoms with Gasteiger partial charge in [-0.25, -0.2) is 21.6 Å². The molecule has 1 N–H and O–H groups in total. The van der Waals surface area contributed by atoms with Gasteiger partial charge in [0, 0.05) is 11.6 Å². The summed E-state index contributed by atoms with van der Waals surface area (Å²) in [7, 11) is -7.82. The quantitative estimate of drug-likeness (QED) is 0.605. The molecule has 0 bridgehead atoms. The topological polar surface area (TPSA) is 93.4 Å². The highest BCUT2D eigenvalue weighted by molar-refractivity contribution is 7.92. The summed E-state index contributed by atoms with van der Waals surface area (Å²) in [5.41, 5.74) is 0.915. The first-order chi connectivity index (χ1) is 13.2. The van der Waals surface area contributed by atoms with Gasteiger partial charge in [-0.2, -0.15) is 0 Å². The molecule has 0 aliphatic carbocycles. The Morgan fingerprint density at radius 3 is 2.11 bits per heavy atom. The molecule has 0 spiro atoms. The second-order valence-corrected chi connectivity index (χ2v) is 10.5. The Labute approximate surface area is 169 Å². The molecule has 0 aliphatic rings. The van der Waals surface area contributed by atoms with Crippen LogP contribution in [0.1, 0.15) is 16.6 Å². The fraction of sp³-hybridized carbons (Fsp3) is 0.158. The predicted octanol–water partition coefficient (Wildman–Crippen LogP) is 3.73. The van der Waals surface area contributed by atoms with Gasteiger partial charge >= 0.3 is 0 Å². The molecule has 0 saturated heterocycles. The number of sulfone groups is 1. The summed E-state index contributed by atoms with van der Waals surface area (Å²) in [6, 6.07) is 15.0. The van der Waals surface area contributed by atoms with Crippen molar-refractivity contribution in [1.29, 1.82) is 0 Å². The maximum Gasteiger partial charge on any atom is 0.240 e. The Bertz CT molecular complexity index is 1140. The van der Waals surface area contributed by atoms with E-state index >= 15 is 0 Å². The zero-order valence-corrected chi connectivity index (χ0v) is 17.3. The van der Waals surface area contributed by atoms with Crippen LogP contribution < -0.4 is 4.72 Å². The number of furan rings is 1. The van der Waals surface area contributed by atoms with E-state index in [1.54, 1.807) is 18.2 Å². The summed E-state index contributed by atoms with van der Waals surface area (Å²) in [5, 5.41) is -0.836. The van der Waals surface area contributed by atoms with E-state index in [1.807, 2.05) is 6.92 Å². The van der Waals surface area contributed by atoms with Gasteiger partial charge in [-0.15, -0.1) is 0 Å². The van der Waals surface area contributed by atoms with E-state index in [-0.39, 0.29) is 22.1 Å². The first-order valence-corrected chi connectivity index (χ1v) is 11.7. The third-order valence-electron chi connectivity index (χ3n) is 4.17. The molecule has 0 saturated carbocycles. The minimum Gasteiger partial charge on any atom is -0.468 e. The monoisotopic (exact) mass is 439 g/mol. The fourth-order valence-electron chi connectivity index (χ4n) is 2.61. The van der Waals surface area contributed by atoms with E-state index in [0.717, 1.165) is 5.56 Å². The Balaban J connectivity index is 1.91. The minimum absolute atomic E-state index is 0.0211. The van der Waals surface area contributed by atoms with Crippen LogP contribution in [0.25, 0.3) is 0 Å². The predicted molar refractivity (Wildman–Crippen MR) is 106 cm³/mol. The van der Waals surface area contributed by atoms with Crippen LogP contribution in [0.15, 0.2) is 81.1 Å². The van der Waals surface area contributed by atoms with Crippen LogP contribution in [0.5, 0.6) is 0 Å². The van der Waals surface area contributed by atoms with E-state index in [1.165, 1.54) is 48.7 Å². The van der Waals surface area contributed by atoms with Crippen LogP contribution in [0.2, 0.25) is 5.02 Å². The highest BCUT2D eigenvalue weighted by Crippen LogP contribution is 2.30. The molecule has 1 heterocycles. The Morgan fingerprint density at radius 2 is 1.54 bits per heavy atom. The van der Waals surface area contributed by atoms with Gasteiger partial charge in [0.25, 0.3) is 0 Å². The Morgan fingerprint density at radius 1 is 0.929 bits per heavy atom. The molecule has 0 fully saturated rings. The summed E-state index contributed by atoms with van der Waals surface area (Å²) in [6.45, 7) is 1.46. The lowest BCUT2D eigenvalue weighted by Crippen LogP contribution is -2.31. The first-order valence-electron chi connectivity index (χ1n) is 8.29. The lowest BCUT2D eigenvalue weighted by atomic mass is 10.2. The van der Waals surface area contributed by atoms with Gasteiger partial charge in [-0.05, 0) is 55.5 Å². The van der Waals surface area contributed by atoms with Crippen molar-refractivity contribution in [3.8, 4) is 0 Å². The van der Waals surface area contributed by atoms with Crippen LogP contribution in [0.3, 0.4) is 0 Å². The largest absolute Gasteiger partial charge is 0.468 e. The summed E-state index contributed by atoms with van der Waals surface area (Å²) < 4.78 is 59.0. The summed E-state index contributed by atoms with van der Waals surface area (Å²) >= 11 is 5.84. The van der Waals surface area contributed by atoms with Crippen molar-refractivity contribution >= 4 is 31.5 Å². The van der Waals surface area contributed by atoms with Crippen molar-refractivity contribution in [3.63, 3.8) is 0 Å². The maximum absolute atomic E-state index is 13.1. The third kappa shape index (κ3) is 4.47. The van der Waals surface area contributed by atoms with E-state index in [0.29, 0.717) is 5.02 Å². The highest BCUT2D eigenvalue weighted by atomic mass is 35.5. The molecule has 1 atom stereocenters. The van der Waals surface area contributed by atoms with Crippen molar-refractivity contribution in [3.05, 3.63) is 83.3 Å². The molecular weight excluding hydrogens is 422 g/mol. The van der Waals surface area contributed by atoms with Gasteiger partial charge in [-0.3, -0.25) is 0 Å². The fourth-order valence-corrected chi connectivity index (χ4v) is 5.48. The number of hydrogen-bond donors (Lipinski definition) is 1. The van der Waals surface area contributed by atoms with Gasteiger partial charge in [0.15, 0.2) is 9.84 Å². The molecule has 3 rings (SSSR count). The number of rotatable bonds is 7. The van der Waals surface area contributed by atoms with Gasteiger partial charge in [0.05, 0.1) is 16.1 Å². The molecular formula is C19H18ClNO5S2. The number of nitrogens with one attached hydrogen (secondary N) is 1. The summed E-state index contributed by atoms with van der Waals surface area (Å²) in [5.74, 6) is 0.140. The first kappa shape index (κ1) is 20.6. The lowest BCUT2D eigenvalue weighted by molar-refractivity contribution is 0.486. The number of benzene rings is 2. The van der Waals surface area contributed by atoms with E-state index in [2.05, 4.69) is 4.72 Å². The smallest absolute Gasteiger partial charge is 0.240 e. The van der Waals surface area contributed by atoms with Gasteiger partial charge in [-0.1, -0.05) is 29.3 Å². The molecule has 28 heavy (non-hydrogen) atoms. The third-order valence-corrected chi connectivity index (χ3v) is 7.94. The molecule has 0 aliphatic heterocycles. The number of sulfonamides is 1. The molecule has 3 aromatic rings. The van der Waals surface area contributed by atoms with Crippen LogP contribution >= 0.6 is 11.6 Å². The SMILES string of the molecule is Cc1ccc(S(=O)(=O)NCC(c2ccco2)S(=O)(=O)c2ccc(Cl)cc2)cc1. The van der Waals surface area contributed by atoms with E-state index in [4.69, 9.17) is 16.0 Å². The minimum atomic E-state index is -3.93. The lowest BCUT2D eigenvalue weighted by Gasteiger charge is -2.17. The summed E-state index contributed by atoms with van der Waals surface area (Å²) in [4.78, 5) is 0.0769. The van der Waals surface area contributed by atoms with Crippen molar-refractivity contribution < 1.29 is 21.3 Å². The zero-order valence-electron chi connectivity index (χ0n) is 14.9. The number of aryl methyl sites for hydroxylation is 1. The van der Waals surface area contributed by atoms with Gasteiger partial charge in [0.2, 0.25) is 10.0 Å². The molecule has 148 valence electrons. The molecule has 1 unspecified atom stereocenters. The molecule has 0 radical (unpaired) electrons. The Hall–Kier alpha value is -2.13. The molecule has 6 nitrogen and oxygen atoms in total. The maximum atomic E-state index is 13.1. The van der Waals surface area contributed by atoms with Crippen LogP contribution in [0, 0.1) is 6.92 Å². The van der Waals surface area contributed by atoms with Crippen molar-refractivity contribution in [2.75, 3.05) is 6.54 Å². The van der Waals surface area contributed by atoms with Gasteiger partial charge in [0.1, 0.15) is 11.0 Å². The number of halogens is 1. The second-order valence-electron chi connectivity index (χ2n) is 6.17. The number of hydrogen-bond acceptors (Lipinski definition) is 5. The Kier molecular flexibility index (Phi) is 5.95. The van der Waals surface area contributed by atoms with Crippen molar-refractivity contribution in [2.45, 2.75) is 22.0 Å². The molecule has 2 aromatic carbocycles. The molecule has 9 heteroatoms. The van der Waals surface area contributed by atoms with Crippen molar-refractivity contribution in [1.82, 2.24) is 4.72 Å². The van der Waals surface area contributed by atoms with Gasteiger partial charge < -0.3 is 4.42 Å². The molecule has 1 aromatic heterocycles. The molecule has 0 amide bonds. The normalized spacial score (nSPS) is 13.4. The van der Waals surface area contributed by atoms with E-state index in [9.17, 15) is 16.8 Å². The average molecular weight is 440 g/mol. The summed E-state index contributed by atoms with van der Waals surface area (Å²) in [6.07, 6.45) is 1.34. The standard InChI is InChI=1S/C19H18ClNO5S2/c1-14-4-8-17(9-5-14)28(24,25)21-13-19(18-3-2-12-26-18)27(22,23)16-10-6-15(20)7-11-16/h2-12,19,21H,13H2,1H3. The van der Waals surface area contributed by atoms with Crippen LogP contribution in [0.4, 0.5) is 0 Å². The van der Waals surface area contributed by atoms with E-state index < -0.39 is 25.1 Å². The van der Waals surface area contributed by atoms with Crippen LogP contribution in [-0.2, 0) is 19.9 Å². The highest BCUT2D eigenvalue weighted by Gasteiger charge is 2.32. The van der Waals surface area contributed by atoms with Crippen LogP contribution in [-0.4, -0.2) is 23.4 Å².